The van der Waals surface area contributed by atoms with Crippen molar-refractivity contribution in [3.05, 3.63) is 59.4 Å². The molecule has 0 saturated carbocycles. The van der Waals surface area contributed by atoms with E-state index in [1.54, 1.807) is 28.4 Å². The van der Waals surface area contributed by atoms with Gasteiger partial charge in [0.1, 0.15) is 11.5 Å². The predicted molar refractivity (Wildman–Crippen MR) is 122 cm³/mol. The number of fused-ring (bicyclic) bond motifs is 1. The highest BCUT2D eigenvalue weighted by Gasteiger charge is 2.21. The third-order valence-corrected chi connectivity index (χ3v) is 5.54. The van der Waals surface area contributed by atoms with Crippen molar-refractivity contribution in [3.63, 3.8) is 0 Å². The molecule has 3 aromatic rings. The molecule has 2 heterocycles. The molecule has 1 aliphatic heterocycles. The van der Waals surface area contributed by atoms with Gasteiger partial charge in [-0.25, -0.2) is 9.97 Å². The Bertz CT molecular complexity index is 1090. The fourth-order valence-electron chi connectivity index (χ4n) is 3.92. The van der Waals surface area contributed by atoms with E-state index in [0.717, 1.165) is 65.8 Å². The first-order valence-corrected chi connectivity index (χ1v) is 10.4. The van der Waals surface area contributed by atoms with E-state index in [1.807, 2.05) is 36.5 Å². The first kappa shape index (κ1) is 21.7. The van der Waals surface area contributed by atoms with Gasteiger partial charge in [0.25, 0.3) is 0 Å². The van der Waals surface area contributed by atoms with Crippen LogP contribution in [-0.4, -0.2) is 49.9 Å². The minimum atomic E-state index is 0.540. The summed E-state index contributed by atoms with van der Waals surface area (Å²) in [7, 11) is 6.59. The largest absolute Gasteiger partial charge is 0.497 e. The number of rotatable bonds is 8. The molecule has 1 N–H and O–H groups in total. The smallest absolute Gasteiger partial charge is 0.227 e. The van der Waals surface area contributed by atoms with Crippen molar-refractivity contribution in [1.82, 2.24) is 14.9 Å². The number of nitrogens with zero attached hydrogens (tertiary/aromatic N) is 3. The van der Waals surface area contributed by atoms with Crippen LogP contribution in [0, 0.1) is 0 Å². The molecule has 4 rings (SSSR count). The summed E-state index contributed by atoms with van der Waals surface area (Å²) < 4.78 is 21.8. The molecule has 0 spiro atoms. The minimum absolute atomic E-state index is 0.540. The normalized spacial score (nSPS) is 13.2. The summed E-state index contributed by atoms with van der Waals surface area (Å²) in [5.41, 5.74) is 4.04. The van der Waals surface area contributed by atoms with Crippen LogP contribution < -0.4 is 24.3 Å². The average Bonchev–Trinajstić information content (AvgIpc) is 2.83. The number of benzene rings is 2. The summed E-state index contributed by atoms with van der Waals surface area (Å²) in [6.07, 6.45) is 2.74. The molecule has 0 bridgehead atoms. The number of anilines is 2. The van der Waals surface area contributed by atoms with E-state index in [2.05, 4.69) is 21.3 Å². The maximum absolute atomic E-state index is 5.58. The topological polar surface area (TPSA) is 78.0 Å². The Kier molecular flexibility index (Phi) is 6.61. The van der Waals surface area contributed by atoms with Crippen LogP contribution in [0.2, 0.25) is 0 Å². The van der Waals surface area contributed by atoms with Crippen molar-refractivity contribution < 1.29 is 18.9 Å². The Hall–Kier alpha value is -3.52. The van der Waals surface area contributed by atoms with E-state index in [4.69, 9.17) is 23.9 Å². The third kappa shape index (κ3) is 4.55. The standard InChI is InChI=1S/C24H28N4O4/c1-29-18-8-9-21(30-2)20(12-18)27-24-25-13-17-15-28(11-10-19(17)26-24)14-16-6-5-7-22(31-3)23(16)32-4/h5-9,12-13H,10-11,14-15H2,1-4H3,(H,25,26,27). The van der Waals surface area contributed by atoms with E-state index in [-0.39, 0.29) is 0 Å². The quantitative estimate of drug-likeness (QED) is 0.571. The minimum Gasteiger partial charge on any atom is -0.497 e. The van der Waals surface area contributed by atoms with Gasteiger partial charge in [-0.2, -0.15) is 0 Å². The highest BCUT2D eigenvalue weighted by molar-refractivity contribution is 5.65. The number of aromatic nitrogens is 2. The number of para-hydroxylation sites is 1. The Morgan fingerprint density at radius 3 is 2.56 bits per heavy atom. The molecule has 0 radical (unpaired) electrons. The molecule has 8 heteroatoms. The maximum atomic E-state index is 5.58. The molecule has 0 atom stereocenters. The van der Waals surface area contributed by atoms with Crippen LogP contribution in [0.1, 0.15) is 16.8 Å². The number of nitrogens with one attached hydrogen (secondary N) is 1. The highest BCUT2D eigenvalue weighted by atomic mass is 16.5. The molecular weight excluding hydrogens is 408 g/mol. The van der Waals surface area contributed by atoms with Gasteiger partial charge in [-0.3, -0.25) is 4.90 Å². The summed E-state index contributed by atoms with van der Waals surface area (Å²) in [5.74, 6) is 3.50. The van der Waals surface area contributed by atoms with Crippen LogP contribution in [0.3, 0.4) is 0 Å². The van der Waals surface area contributed by atoms with Crippen molar-refractivity contribution >= 4 is 11.6 Å². The molecular formula is C24H28N4O4. The molecule has 8 nitrogen and oxygen atoms in total. The zero-order chi connectivity index (χ0) is 22.5. The monoisotopic (exact) mass is 436 g/mol. The Morgan fingerprint density at radius 2 is 1.81 bits per heavy atom. The summed E-state index contributed by atoms with van der Waals surface area (Å²) in [6.45, 7) is 2.44. The Morgan fingerprint density at radius 1 is 0.969 bits per heavy atom. The molecule has 0 unspecified atom stereocenters. The lowest BCUT2D eigenvalue weighted by Crippen LogP contribution is -2.31. The van der Waals surface area contributed by atoms with Crippen molar-refractivity contribution in [2.45, 2.75) is 19.5 Å². The van der Waals surface area contributed by atoms with Crippen molar-refractivity contribution in [1.29, 1.82) is 0 Å². The molecule has 0 amide bonds. The molecule has 32 heavy (non-hydrogen) atoms. The number of ether oxygens (including phenoxy) is 4. The van der Waals surface area contributed by atoms with Gasteiger partial charge in [0, 0.05) is 49.4 Å². The van der Waals surface area contributed by atoms with E-state index >= 15 is 0 Å². The molecule has 0 saturated heterocycles. The third-order valence-electron chi connectivity index (χ3n) is 5.54. The molecule has 2 aromatic carbocycles. The Labute approximate surface area is 188 Å². The summed E-state index contributed by atoms with van der Waals surface area (Å²) in [6, 6.07) is 11.5. The lowest BCUT2D eigenvalue weighted by atomic mass is 10.1. The molecule has 1 aliphatic rings. The van der Waals surface area contributed by atoms with E-state index in [0.29, 0.717) is 11.7 Å². The van der Waals surface area contributed by atoms with Crippen LogP contribution in [0.25, 0.3) is 0 Å². The van der Waals surface area contributed by atoms with Crippen molar-refractivity contribution in [3.8, 4) is 23.0 Å². The van der Waals surface area contributed by atoms with Gasteiger partial charge in [0.05, 0.1) is 39.8 Å². The van der Waals surface area contributed by atoms with Crippen molar-refractivity contribution in [2.24, 2.45) is 0 Å². The molecule has 168 valence electrons. The van der Waals surface area contributed by atoms with Gasteiger partial charge < -0.3 is 24.3 Å². The highest BCUT2D eigenvalue weighted by Crippen LogP contribution is 2.33. The number of hydrogen-bond acceptors (Lipinski definition) is 8. The van der Waals surface area contributed by atoms with E-state index in [1.165, 1.54) is 0 Å². The van der Waals surface area contributed by atoms with Gasteiger partial charge >= 0.3 is 0 Å². The van der Waals surface area contributed by atoms with E-state index in [9.17, 15) is 0 Å². The number of hydrogen-bond donors (Lipinski definition) is 1. The van der Waals surface area contributed by atoms with Crippen LogP contribution in [-0.2, 0) is 19.5 Å². The van der Waals surface area contributed by atoms with Crippen LogP contribution in [0.4, 0.5) is 11.6 Å². The zero-order valence-electron chi connectivity index (χ0n) is 18.8. The Balaban J connectivity index is 1.49. The fourth-order valence-corrected chi connectivity index (χ4v) is 3.92. The first-order chi connectivity index (χ1) is 15.6. The fraction of sp³-hybridized carbons (Fsp3) is 0.333. The van der Waals surface area contributed by atoms with Crippen LogP contribution in [0.15, 0.2) is 42.6 Å². The summed E-state index contributed by atoms with van der Waals surface area (Å²) >= 11 is 0. The van der Waals surface area contributed by atoms with E-state index < -0.39 is 0 Å². The first-order valence-electron chi connectivity index (χ1n) is 10.4. The van der Waals surface area contributed by atoms with Crippen LogP contribution >= 0.6 is 0 Å². The lowest BCUT2D eigenvalue weighted by molar-refractivity contribution is 0.238. The second-order valence-electron chi connectivity index (χ2n) is 7.47. The second kappa shape index (κ2) is 9.74. The SMILES string of the molecule is COc1ccc(OC)c(Nc2ncc3c(n2)CCN(Cc2cccc(OC)c2OC)C3)c1. The van der Waals surface area contributed by atoms with Gasteiger partial charge in [-0.15, -0.1) is 0 Å². The van der Waals surface area contributed by atoms with Crippen LogP contribution in [0.5, 0.6) is 23.0 Å². The predicted octanol–water partition coefficient (Wildman–Crippen LogP) is 3.81. The van der Waals surface area contributed by atoms with Gasteiger partial charge in [0.2, 0.25) is 5.95 Å². The van der Waals surface area contributed by atoms with Gasteiger partial charge in [0.15, 0.2) is 11.5 Å². The average molecular weight is 437 g/mol. The van der Waals surface area contributed by atoms with Gasteiger partial charge in [-0.1, -0.05) is 12.1 Å². The molecule has 0 fully saturated rings. The lowest BCUT2D eigenvalue weighted by Gasteiger charge is -2.28. The zero-order valence-corrected chi connectivity index (χ0v) is 18.8. The van der Waals surface area contributed by atoms with Gasteiger partial charge in [-0.05, 0) is 18.2 Å². The van der Waals surface area contributed by atoms with Crippen molar-refractivity contribution in [2.75, 3.05) is 40.3 Å². The molecule has 1 aromatic heterocycles. The maximum Gasteiger partial charge on any atom is 0.227 e. The summed E-state index contributed by atoms with van der Waals surface area (Å²) in [5, 5.41) is 3.26. The summed E-state index contributed by atoms with van der Waals surface area (Å²) in [4.78, 5) is 11.6. The second-order valence-corrected chi connectivity index (χ2v) is 7.47. The number of methoxy groups -OCH3 is 4. The molecule has 0 aliphatic carbocycles.